The smallest absolute Gasteiger partial charge is 0.407 e. The van der Waals surface area contributed by atoms with Gasteiger partial charge in [0, 0.05) is 19.1 Å². The molecule has 0 N–H and O–H groups in total. The molecule has 0 radical (unpaired) electrons. The predicted octanol–water partition coefficient (Wildman–Crippen LogP) is 2.26. The van der Waals surface area contributed by atoms with E-state index in [0.717, 1.165) is 25.0 Å². The first-order valence-corrected chi connectivity index (χ1v) is 5.99. The van der Waals surface area contributed by atoms with Gasteiger partial charge in [-0.15, -0.1) is 0 Å². The number of hydrogen-bond donors (Lipinski definition) is 0. The van der Waals surface area contributed by atoms with Gasteiger partial charge in [-0.05, 0) is 24.0 Å². The SMILES string of the molecule is CCCC1COB(c2cc(F)c(F)c(F)c2)OC1. The largest absolute Gasteiger partial charge is 0.494 e. The van der Waals surface area contributed by atoms with Crippen molar-refractivity contribution in [1.29, 1.82) is 0 Å². The molecule has 0 spiro atoms. The number of hydrogen-bond acceptors (Lipinski definition) is 2. The molecule has 0 amide bonds. The Bertz CT molecular complexity index is 397. The highest BCUT2D eigenvalue weighted by Gasteiger charge is 2.30. The molecule has 0 unspecified atom stereocenters. The van der Waals surface area contributed by atoms with Crippen molar-refractivity contribution in [2.24, 2.45) is 5.92 Å². The third-order valence-corrected chi connectivity index (χ3v) is 2.94. The third-order valence-electron chi connectivity index (χ3n) is 2.94. The molecule has 0 saturated carbocycles. The van der Waals surface area contributed by atoms with E-state index in [1.165, 1.54) is 0 Å². The summed E-state index contributed by atoms with van der Waals surface area (Å²) in [6.07, 6.45) is 2.01. The van der Waals surface area contributed by atoms with E-state index in [0.29, 0.717) is 19.1 Å². The second-order valence-electron chi connectivity index (χ2n) is 4.45. The van der Waals surface area contributed by atoms with E-state index >= 15 is 0 Å². The van der Waals surface area contributed by atoms with Crippen molar-refractivity contribution in [3.05, 3.63) is 29.6 Å². The van der Waals surface area contributed by atoms with Crippen LogP contribution in [0.5, 0.6) is 0 Å². The molecule has 6 heteroatoms. The molecule has 1 aliphatic rings. The fourth-order valence-electron chi connectivity index (χ4n) is 2.02. The number of benzene rings is 1. The van der Waals surface area contributed by atoms with Crippen LogP contribution in [-0.2, 0) is 9.31 Å². The highest BCUT2D eigenvalue weighted by Crippen LogP contribution is 2.15. The Morgan fingerprint density at radius 3 is 2.22 bits per heavy atom. The molecule has 1 aromatic rings. The van der Waals surface area contributed by atoms with Gasteiger partial charge in [-0.2, -0.15) is 0 Å². The van der Waals surface area contributed by atoms with Gasteiger partial charge in [0.1, 0.15) is 0 Å². The van der Waals surface area contributed by atoms with Gasteiger partial charge in [0.15, 0.2) is 17.5 Å². The van der Waals surface area contributed by atoms with Crippen LogP contribution in [0.2, 0.25) is 0 Å². The van der Waals surface area contributed by atoms with Crippen LogP contribution in [0.1, 0.15) is 19.8 Å². The zero-order chi connectivity index (χ0) is 13.1. The van der Waals surface area contributed by atoms with Crippen molar-refractivity contribution in [2.45, 2.75) is 19.8 Å². The maximum Gasteiger partial charge on any atom is 0.494 e. The lowest BCUT2D eigenvalue weighted by Crippen LogP contribution is -2.44. The zero-order valence-corrected chi connectivity index (χ0v) is 10.1. The Hall–Kier alpha value is -1.01. The molecule has 0 aliphatic carbocycles. The van der Waals surface area contributed by atoms with Crippen molar-refractivity contribution in [3.8, 4) is 0 Å². The summed E-state index contributed by atoms with van der Waals surface area (Å²) in [5.41, 5.74) is 0.168. The van der Waals surface area contributed by atoms with Crippen molar-refractivity contribution in [3.63, 3.8) is 0 Å². The molecule has 2 rings (SSSR count). The average molecular weight is 258 g/mol. The van der Waals surface area contributed by atoms with Crippen molar-refractivity contribution < 1.29 is 22.5 Å². The van der Waals surface area contributed by atoms with E-state index in [1.54, 1.807) is 0 Å². The Morgan fingerprint density at radius 2 is 1.72 bits per heavy atom. The molecule has 2 nitrogen and oxygen atoms in total. The molecular formula is C12H14BF3O2. The van der Waals surface area contributed by atoms with Crippen LogP contribution in [0, 0.1) is 23.4 Å². The van der Waals surface area contributed by atoms with Gasteiger partial charge in [0.05, 0.1) is 0 Å². The van der Waals surface area contributed by atoms with Crippen LogP contribution in [0.4, 0.5) is 13.2 Å². The van der Waals surface area contributed by atoms with Gasteiger partial charge in [0.25, 0.3) is 0 Å². The summed E-state index contributed by atoms with van der Waals surface area (Å²) in [5, 5.41) is 0. The van der Waals surface area contributed by atoms with Crippen LogP contribution in [0.3, 0.4) is 0 Å². The summed E-state index contributed by atoms with van der Waals surface area (Å²) in [4.78, 5) is 0. The van der Waals surface area contributed by atoms with E-state index < -0.39 is 24.6 Å². The van der Waals surface area contributed by atoms with Gasteiger partial charge in [0.2, 0.25) is 0 Å². The molecule has 1 aromatic carbocycles. The molecular weight excluding hydrogens is 244 g/mol. The van der Waals surface area contributed by atoms with Crippen LogP contribution in [0.25, 0.3) is 0 Å². The minimum atomic E-state index is -1.47. The quantitative estimate of drug-likeness (QED) is 0.611. The summed E-state index contributed by atoms with van der Waals surface area (Å²) in [6.45, 7) is 3.04. The maximum absolute atomic E-state index is 13.1. The molecule has 1 saturated heterocycles. The third kappa shape index (κ3) is 2.87. The number of rotatable bonds is 3. The molecule has 0 aromatic heterocycles. The summed E-state index contributed by atoms with van der Waals surface area (Å²) in [5.74, 6) is -3.62. The maximum atomic E-state index is 13.1. The lowest BCUT2D eigenvalue weighted by molar-refractivity contribution is 0.0820. The Labute approximate surface area is 104 Å². The molecule has 0 atom stereocenters. The fraction of sp³-hybridized carbons (Fsp3) is 0.500. The molecule has 1 aliphatic heterocycles. The van der Waals surface area contributed by atoms with E-state index in [1.807, 2.05) is 0 Å². The van der Waals surface area contributed by atoms with E-state index in [9.17, 15) is 13.2 Å². The molecule has 18 heavy (non-hydrogen) atoms. The topological polar surface area (TPSA) is 18.5 Å². The lowest BCUT2D eigenvalue weighted by atomic mass is 9.77. The van der Waals surface area contributed by atoms with E-state index in [4.69, 9.17) is 9.31 Å². The van der Waals surface area contributed by atoms with Crippen molar-refractivity contribution in [1.82, 2.24) is 0 Å². The van der Waals surface area contributed by atoms with Gasteiger partial charge >= 0.3 is 7.12 Å². The van der Waals surface area contributed by atoms with Gasteiger partial charge in [-0.3, -0.25) is 0 Å². The van der Waals surface area contributed by atoms with Crippen molar-refractivity contribution >= 4 is 12.6 Å². The Kier molecular flexibility index (Phi) is 4.29. The van der Waals surface area contributed by atoms with Gasteiger partial charge < -0.3 is 9.31 Å². The first-order chi connectivity index (χ1) is 8.61. The van der Waals surface area contributed by atoms with Crippen LogP contribution in [0.15, 0.2) is 12.1 Å². The Balaban J connectivity index is 2.05. The molecule has 1 heterocycles. The minimum Gasteiger partial charge on any atom is -0.407 e. The monoisotopic (exact) mass is 258 g/mol. The van der Waals surface area contributed by atoms with Crippen LogP contribution < -0.4 is 5.46 Å². The second kappa shape index (κ2) is 5.76. The minimum absolute atomic E-state index is 0.168. The Morgan fingerprint density at radius 1 is 1.17 bits per heavy atom. The zero-order valence-electron chi connectivity index (χ0n) is 10.1. The number of halogens is 3. The lowest BCUT2D eigenvalue weighted by Gasteiger charge is -2.27. The summed E-state index contributed by atoms with van der Waals surface area (Å²) in [7, 11) is -0.817. The second-order valence-corrected chi connectivity index (χ2v) is 4.45. The highest BCUT2D eigenvalue weighted by atomic mass is 19.2. The van der Waals surface area contributed by atoms with Gasteiger partial charge in [-0.1, -0.05) is 13.3 Å². The average Bonchev–Trinajstić information content (AvgIpc) is 2.37. The first-order valence-electron chi connectivity index (χ1n) is 5.99. The summed E-state index contributed by atoms with van der Waals surface area (Å²) >= 11 is 0. The summed E-state index contributed by atoms with van der Waals surface area (Å²) < 4.78 is 49.7. The van der Waals surface area contributed by atoms with Crippen LogP contribution in [-0.4, -0.2) is 20.3 Å². The fourth-order valence-corrected chi connectivity index (χ4v) is 2.02. The van der Waals surface area contributed by atoms with Crippen molar-refractivity contribution in [2.75, 3.05) is 13.2 Å². The molecule has 98 valence electrons. The van der Waals surface area contributed by atoms with Crippen LogP contribution >= 0.6 is 0 Å². The molecule has 1 fully saturated rings. The predicted molar refractivity (Wildman–Crippen MR) is 62.0 cm³/mol. The first kappa shape index (κ1) is 13.4. The highest BCUT2D eigenvalue weighted by molar-refractivity contribution is 6.61. The molecule has 0 bridgehead atoms. The summed E-state index contributed by atoms with van der Waals surface area (Å²) in [6, 6.07) is 1.81. The van der Waals surface area contributed by atoms with Gasteiger partial charge in [-0.25, -0.2) is 13.2 Å². The standard InChI is InChI=1S/C12H14BF3O2/c1-2-3-8-6-17-13(18-7-8)9-4-10(14)12(16)11(15)5-9/h4-5,8H,2-3,6-7H2,1H3. The van der Waals surface area contributed by atoms with E-state index in [2.05, 4.69) is 6.92 Å². The normalized spacial score (nSPS) is 17.2. The van der Waals surface area contributed by atoms with E-state index in [-0.39, 0.29) is 5.46 Å².